The Morgan fingerprint density at radius 2 is 1.91 bits per heavy atom. The molecule has 0 amide bonds. The Balaban J connectivity index is 1.83. The van der Waals surface area contributed by atoms with Gasteiger partial charge in [0.2, 0.25) is 0 Å². The summed E-state index contributed by atoms with van der Waals surface area (Å²) in [5.41, 5.74) is 1.34. The number of halogens is 3. The van der Waals surface area contributed by atoms with E-state index in [9.17, 15) is 4.39 Å². The fourth-order valence-corrected chi connectivity index (χ4v) is 3.57. The van der Waals surface area contributed by atoms with E-state index in [2.05, 4.69) is 10.2 Å². The van der Waals surface area contributed by atoms with Gasteiger partial charge >= 0.3 is 0 Å². The van der Waals surface area contributed by atoms with Crippen molar-refractivity contribution in [3.05, 3.63) is 63.9 Å². The van der Waals surface area contributed by atoms with E-state index in [1.165, 1.54) is 17.8 Å². The molecular weight excluding hydrogens is 356 g/mol. The third kappa shape index (κ3) is 3.52. The van der Waals surface area contributed by atoms with Gasteiger partial charge in [0.1, 0.15) is 5.82 Å². The van der Waals surface area contributed by atoms with Crippen molar-refractivity contribution in [2.24, 2.45) is 7.05 Å². The van der Waals surface area contributed by atoms with Crippen LogP contribution in [-0.4, -0.2) is 14.8 Å². The van der Waals surface area contributed by atoms with Crippen molar-refractivity contribution in [2.45, 2.75) is 10.9 Å². The number of benzene rings is 2. The lowest BCUT2D eigenvalue weighted by Crippen LogP contribution is -1.96. The maximum absolute atomic E-state index is 13.8. The zero-order chi connectivity index (χ0) is 16.4. The van der Waals surface area contributed by atoms with Gasteiger partial charge in [-0.25, -0.2) is 4.39 Å². The Morgan fingerprint density at radius 3 is 2.65 bits per heavy atom. The molecule has 1 aromatic heterocycles. The predicted molar refractivity (Wildman–Crippen MR) is 92.4 cm³/mol. The summed E-state index contributed by atoms with van der Waals surface area (Å²) >= 11 is 13.4. The van der Waals surface area contributed by atoms with Crippen LogP contribution in [-0.2, 0) is 12.8 Å². The zero-order valence-corrected chi connectivity index (χ0v) is 14.5. The van der Waals surface area contributed by atoms with Gasteiger partial charge in [-0.15, -0.1) is 10.2 Å². The first-order valence-electron chi connectivity index (χ1n) is 6.77. The molecule has 7 heteroatoms. The number of aromatic nitrogens is 3. The average Bonchev–Trinajstić information content (AvgIpc) is 2.88. The minimum Gasteiger partial charge on any atom is -0.305 e. The second-order valence-electron chi connectivity index (χ2n) is 4.86. The summed E-state index contributed by atoms with van der Waals surface area (Å²) in [7, 11) is 1.86. The lowest BCUT2D eigenvalue weighted by molar-refractivity contribution is 0.617. The van der Waals surface area contributed by atoms with Crippen molar-refractivity contribution in [2.75, 3.05) is 0 Å². The number of hydrogen-bond acceptors (Lipinski definition) is 3. The van der Waals surface area contributed by atoms with Crippen molar-refractivity contribution in [1.82, 2.24) is 14.8 Å². The Labute approximate surface area is 147 Å². The van der Waals surface area contributed by atoms with Crippen LogP contribution in [0.3, 0.4) is 0 Å². The van der Waals surface area contributed by atoms with Crippen LogP contribution in [0.25, 0.3) is 11.4 Å². The molecule has 118 valence electrons. The third-order valence-electron chi connectivity index (χ3n) is 3.33. The quantitative estimate of drug-likeness (QED) is 0.592. The lowest BCUT2D eigenvalue weighted by atomic mass is 10.2. The summed E-state index contributed by atoms with van der Waals surface area (Å²) in [6.07, 6.45) is 0. The molecular formula is C16H12Cl2FN3S. The topological polar surface area (TPSA) is 30.7 Å². The Morgan fingerprint density at radius 1 is 1.13 bits per heavy atom. The average molecular weight is 368 g/mol. The molecule has 0 fully saturated rings. The van der Waals surface area contributed by atoms with Gasteiger partial charge in [0.25, 0.3) is 0 Å². The minimum atomic E-state index is -0.317. The molecule has 23 heavy (non-hydrogen) atoms. The molecule has 1 heterocycles. The van der Waals surface area contributed by atoms with E-state index < -0.39 is 0 Å². The second kappa shape index (κ2) is 6.91. The highest BCUT2D eigenvalue weighted by Gasteiger charge is 2.14. The molecule has 0 spiro atoms. The lowest BCUT2D eigenvalue weighted by Gasteiger charge is -2.06. The van der Waals surface area contributed by atoms with Crippen LogP contribution in [0.1, 0.15) is 5.56 Å². The molecule has 0 atom stereocenters. The normalized spacial score (nSPS) is 11.0. The molecule has 0 aliphatic rings. The molecule has 0 unspecified atom stereocenters. The molecule has 0 aliphatic carbocycles. The highest BCUT2D eigenvalue weighted by molar-refractivity contribution is 7.98. The van der Waals surface area contributed by atoms with E-state index in [-0.39, 0.29) is 5.82 Å². The molecule has 0 N–H and O–H groups in total. The predicted octanol–water partition coefficient (Wildman–Crippen LogP) is 5.22. The van der Waals surface area contributed by atoms with Crippen LogP contribution < -0.4 is 0 Å². The summed E-state index contributed by atoms with van der Waals surface area (Å²) < 4.78 is 15.7. The van der Waals surface area contributed by atoms with Gasteiger partial charge in [0.15, 0.2) is 11.0 Å². The fraction of sp³-hybridized carbons (Fsp3) is 0.125. The third-order valence-corrected chi connectivity index (χ3v) is 4.96. The summed E-state index contributed by atoms with van der Waals surface area (Å²) in [6.45, 7) is 0. The van der Waals surface area contributed by atoms with Gasteiger partial charge in [-0.3, -0.25) is 0 Å². The highest BCUT2D eigenvalue weighted by Crippen LogP contribution is 2.29. The molecule has 0 radical (unpaired) electrons. The van der Waals surface area contributed by atoms with Crippen LogP contribution in [0.5, 0.6) is 0 Å². The van der Waals surface area contributed by atoms with Crippen molar-refractivity contribution in [3.63, 3.8) is 0 Å². The standard InChI is InChI=1S/C16H12Cl2FN3S/c1-22-15(10-4-2-5-11(17)8-10)20-21-16(22)23-9-12-13(18)6-3-7-14(12)19/h2-8H,9H2,1H3. The second-order valence-corrected chi connectivity index (χ2v) is 6.65. The zero-order valence-electron chi connectivity index (χ0n) is 12.1. The number of nitrogens with zero attached hydrogens (tertiary/aromatic N) is 3. The first-order chi connectivity index (χ1) is 11.1. The Bertz CT molecular complexity index is 831. The van der Waals surface area contributed by atoms with E-state index in [1.807, 2.05) is 29.8 Å². The number of thioether (sulfide) groups is 1. The van der Waals surface area contributed by atoms with E-state index in [0.717, 1.165) is 5.56 Å². The smallest absolute Gasteiger partial charge is 0.191 e. The van der Waals surface area contributed by atoms with E-state index >= 15 is 0 Å². The molecule has 0 bridgehead atoms. The maximum atomic E-state index is 13.8. The number of rotatable bonds is 4. The van der Waals surface area contributed by atoms with Crippen molar-refractivity contribution in [1.29, 1.82) is 0 Å². The minimum absolute atomic E-state index is 0.317. The molecule has 0 saturated carbocycles. The first-order valence-corrected chi connectivity index (χ1v) is 8.51. The van der Waals surface area contributed by atoms with Crippen molar-refractivity contribution < 1.29 is 4.39 Å². The fourth-order valence-electron chi connectivity index (χ4n) is 2.13. The van der Waals surface area contributed by atoms with Gasteiger partial charge in [0, 0.05) is 34.0 Å². The molecule has 0 saturated heterocycles. The summed E-state index contributed by atoms with van der Waals surface area (Å²) in [6, 6.07) is 12.1. The first kappa shape index (κ1) is 16.3. The van der Waals surface area contributed by atoms with Crippen molar-refractivity contribution in [3.8, 4) is 11.4 Å². The van der Waals surface area contributed by atoms with Crippen LogP contribution in [0.4, 0.5) is 4.39 Å². The summed E-state index contributed by atoms with van der Waals surface area (Å²) in [5, 5.41) is 10.1. The van der Waals surface area contributed by atoms with E-state index in [1.54, 1.807) is 18.2 Å². The van der Waals surface area contributed by atoms with Crippen LogP contribution in [0.2, 0.25) is 10.0 Å². The van der Waals surface area contributed by atoms with Gasteiger partial charge in [-0.1, -0.05) is 53.2 Å². The van der Waals surface area contributed by atoms with Gasteiger partial charge in [0.05, 0.1) is 0 Å². The molecule has 3 rings (SSSR count). The van der Waals surface area contributed by atoms with E-state index in [0.29, 0.717) is 32.3 Å². The number of hydrogen-bond donors (Lipinski definition) is 0. The van der Waals surface area contributed by atoms with Gasteiger partial charge in [-0.05, 0) is 24.3 Å². The highest BCUT2D eigenvalue weighted by atomic mass is 35.5. The largest absolute Gasteiger partial charge is 0.305 e. The van der Waals surface area contributed by atoms with Crippen LogP contribution in [0.15, 0.2) is 47.6 Å². The van der Waals surface area contributed by atoms with Gasteiger partial charge < -0.3 is 4.57 Å². The molecule has 3 nitrogen and oxygen atoms in total. The van der Waals surface area contributed by atoms with Crippen LogP contribution in [0, 0.1) is 5.82 Å². The Kier molecular flexibility index (Phi) is 4.90. The molecule has 2 aromatic carbocycles. The maximum Gasteiger partial charge on any atom is 0.191 e. The van der Waals surface area contributed by atoms with Crippen LogP contribution >= 0.6 is 35.0 Å². The van der Waals surface area contributed by atoms with Crippen molar-refractivity contribution >= 4 is 35.0 Å². The summed E-state index contributed by atoms with van der Waals surface area (Å²) in [4.78, 5) is 0. The monoisotopic (exact) mass is 367 g/mol. The Hall–Kier alpha value is -1.56. The van der Waals surface area contributed by atoms with E-state index in [4.69, 9.17) is 23.2 Å². The molecule has 3 aromatic rings. The molecule has 0 aliphatic heterocycles. The van der Waals surface area contributed by atoms with Gasteiger partial charge in [-0.2, -0.15) is 0 Å². The SMILES string of the molecule is Cn1c(SCc2c(F)cccc2Cl)nnc1-c1cccc(Cl)c1. The summed E-state index contributed by atoms with van der Waals surface area (Å²) in [5.74, 6) is 0.768.